The minimum atomic E-state index is -0.227. The van der Waals surface area contributed by atoms with Crippen LogP contribution in [0.1, 0.15) is 18.5 Å². The van der Waals surface area contributed by atoms with E-state index in [9.17, 15) is 5.11 Å². The Morgan fingerprint density at radius 1 is 1.44 bits per heavy atom. The van der Waals surface area contributed by atoms with E-state index in [0.29, 0.717) is 24.6 Å². The number of likely N-dealkylation sites (tertiary alicyclic amines) is 1. The van der Waals surface area contributed by atoms with Crippen LogP contribution in [0.2, 0.25) is 0 Å². The number of aromatic nitrogens is 1. The highest BCUT2D eigenvalue weighted by Crippen LogP contribution is 2.30. The third-order valence-corrected chi connectivity index (χ3v) is 3.22. The molecule has 0 bridgehead atoms. The van der Waals surface area contributed by atoms with E-state index >= 15 is 0 Å². The highest BCUT2D eigenvalue weighted by atomic mass is 16.5. The largest absolute Gasteiger partial charge is 0.493 e. The first-order valence-electron chi connectivity index (χ1n) is 6.21. The number of hydrogen-bond acceptors (Lipinski definition) is 5. The number of ether oxygens (including phenoxy) is 2. The topological polar surface area (TPSA) is 54.8 Å². The molecule has 1 aromatic rings. The molecule has 0 radical (unpaired) electrons. The normalized spacial score (nSPS) is 20.7. The molecule has 0 amide bonds. The van der Waals surface area contributed by atoms with E-state index in [1.165, 1.54) is 0 Å². The fraction of sp³-hybridized carbons (Fsp3) is 0.615. The van der Waals surface area contributed by atoms with Crippen molar-refractivity contribution in [3.63, 3.8) is 0 Å². The fourth-order valence-electron chi connectivity index (χ4n) is 2.35. The zero-order valence-electron chi connectivity index (χ0n) is 10.9. The maximum Gasteiger partial charge on any atom is 0.183 e. The lowest BCUT2D eigenvalue weighted by molar-refractivity contribution is 0.0657. The molecule has 0 aromatic carbocycles. The van der Waals surface area contributed by atoms with Gasteiger partial charge < -0.3 is 14.6 Å². The first kappa shape index (κ1) is 13.1. The molecule has 5 heteroatoms. The second-order valence-electron chi connectivity index (χ2n) is 4.52. The molecule has 2 rings (SSSR count). The molecular formula is C13H20N2O3. The lowest BCUT2D eigenvalue weighted by atomic mass is 10.1. The van der Waals surface area contributed by atoms with Crippen molar-refractivity contribution in [1.82, 2.24) is 9.88 Å². The van der Waals surface area contributed by atoms with Crippen LogP contribution in [0.3, 0.4) is 0 Å². The van der Waals surface area contributed by atoms with Crippen LogP contribution < -0.4 is 9.47 Å². The van der Waals surface area contributed by atoms with Crippen molar-refractivity contribution >= 4 is 0 Å². The van der Waals surface area contributed by atoms with Gasteiger partial charge in [0.2, 0.25) is 0 Å². The van der Waals surface area contributed by atoms with Crippen LogP contribution in [0.5, 0.6) is 11.5 Å². The quantitative estimate of drug-likeness (QED) is 0.868. The number of β-amino-alcohol motifs (C(OH)–C–C–N with tert-alkyl or cyclic N) is 1. The third-order valence-electron chi connectivity index (χ3n) is 3.22. The molecule has 1 N–H and O–H groups in total. The molecule has 100 valence electrons. The molecule has 18 heavy (non-hydrogen) atoms. The summed E-state index contributed by atoms with van der Waals surface area (Å²) in [6, 6.07) is 1.79. The van der Waals surface area contributed by atoms with Gasteiger partial charge in [-0.15, -0.1) is 0 Å². The van der Waals surface area contributed by atoms with Crippen LogP contribution in [-0.2, 0) is 6.54 Å². The van der Waals surface area contributed by atoms with Crippen molar-refractivity contribution in [2.45, 2.75) is 25.5 Å². The summed E-state index contributed by atoms with van der Waals surface area (Å²) in [6.45, 7) is 2.36. The Kier molecular flexibility index (Phi) is 4.38. The van der Waals surface area contributed by atoms with Gasteiger partial charge in [0, 0.05) is 25.4 Å². The maximum atomic E-state index is 9.67. The molecule has 0 spiro atoms. The molecule has 1 aromatic heterocycles. The Bertz CT molecular complexity index is 398. The first-order chi connectivity index (χ1) is 8.74. The predicted molar refractivity (Wildman–Crippen MR) is 67.9 cm³/mol. The van der Waals surface area contributed by atoms with Crippen molar-refractivity contribution in [2.24, 2.45) is 0 Å². The Balaban J connectivity index is 2.12. The second-order valence-corrected chi connectivity index (χ2v) is 4.52. The van der Waals surface area contributed by atoms with E-state index in [0.717, 1.165) is 25.1 Å². The summed E-state index contributed by atoms with van der Waals surface area (Å²) in [5.74, 6) is 1.38. The predicted octanol–water partition coefficient (Wildman–Crippen LogP) is 1.06. The standard InChI is InChI=1S/C13H20N2O3/c1-17-12-5-6-14-11(13(12)18-2)9-15-7-3-4-10(16)8-15/h5-6,10,16H,3-4,7-9H2,1-2H3/t10-/m0/s1. The van der Waals surface area contributed by atoms with Gasteiger partial charge in [-0.25, -0.2) is 0 Å². The Morgan fingerprint density at radius 2 is 2.28 bits per heavy atom. The zero-order valence-corrected chi connectivity index (χ0v) is 10.9. The summed E-state index contributed by atoms with van der Waals surface area (Å²) in [4.78, 5) is 6.54. The fourth-order valence-corrected chi connectivity index (χ4v) is 2.35. The third kappa shape index (κ3) is 2.91. The van der Waals surface area contributed by atoms with Crippen molar-refractivity contribution in [2.75, 3.05) is 27.3 Å². The molecule has 0 saturated carbocycles. The average molecular weight is 252 g/mol. The van der Waals surface area contributed by atoms with Gasteiger partial charge in [0.15, 0.2) is 11.5 Å². The number of piperidine rings is 1. The zero-order chi connectivity index (χ0) is 13.0. The smallest absolute Gasteiger partial charge is 0.183 e. The van der Waals surface area contributed by atoms with Crippen LogP contribution in [-0.4, -0.2) is 48.4 Å². The molecule has 2 heterocycles. The number of pyridine rings is 1. The Morgan fingerprint density at radius 3 is 2.94 bits per heavy atom. The number of hydrogen-bond donors (Lipinski definition) is 1. The van der Waals surface area contributed by atoms with Gasteiger partial charge in [-0.3, -0.25) is 9.88 Å². The van der Waals surface area contributed by atoms with Crippen molar-refractivity contribution in [3.05, 3.63) is 18.0 Å². The number of aliphatic hydroxyl groups excluding tert-OH is 1. The van der Waals surface area contributed by atoms with E-state index in [2.05, 4.69) is 9.88 Å². The van der Waals surface area contributed by atoms with Crippen LogP contribution in [0.15, 0.2) is 12.3 Å². The van der Waals surface area contributed by atoms with Gasteiger partial charge in [0.1, 0.15) is 5.69 Å². The van der Waals surface area contributed by atoms with Gasteiger partial charge in [-0.2, -0.15) is 0 Å². The van der Waals surface area contributed by atoms with Crippen LogP contribution in [0.4, 0.5) is 0 Å². The molecule has 1 aliphatic heterocycles. The molecule has 1 aliphatic rings. The molecule has 1 atom stereocenters. The SMILES string of the molecule is COc1ccnc(CN2CCC[C@H](O)C2)c1OC. The van der Waals surface area contributed by atoms with Gasteiger partial charge in [0.25, 0.3) is 0 Å². The highest BCUT2D eigenvalue weighted by molar-refractivity contribution is 5.42. The Hall–Kier alpha value is -1.33. The van der Waals surface area contributed by atoms with Crippen molar-refractivity contribution in [3.8, 4) is 11.5 Å². The molecule has 0 aliphatic carbocycles. The summed E-state index contributed by atoms with van der Waals surface area (Å²) in [5, 5.41) is 9.67. The second kappa shape index (κ2) is 6.02. The molecule has 5 nitrogen and oxygen atoms in total. The van der Waals surface area contributed by atoms with Gasteiger partial charge >= 0.3 is 0 Å². The lowest BCUT2D eigenvalue weighted by Gasteiger charge is -2.30. The van der Waals surface area contributed by atoms with E-state index in [-0.39, 0.29) is 6.10 Å². The maximum absolute atomic E-state index is 9.67. The summed E-state index contributed by atoms with van der Waals surface area (Å²) in [7, 11) is 3.24. The average Bonchev–Trinajstić information content (AvgIpc) is 2.38. The van der Waals surface area contributed by atoms with E-state index in [1.807, 2.05) is 0 Å². The highest BCUT2D eigenvalue weighted by Gasteiger charge is 2.20. The van der Waals surface area contributed by atoms with Crippen molar-refractivity contribution < 1.29 is 14.6 Å². The summed E-state index contributed by atoms with van der Waals surface area (Å²) < 4.78 is 10.6. The number of methoxy groups -OCH3 is 2. The van der Waals surface area contributed by atoms with E-state index in [1.54, 1.807) is 26.5 Å². The molecule has 1 fully saturated rings. The van der Waals surface area contributed by atoms with Crippen molar-refractivity contribution in [1.29, 1.82) is 0 Å². The van der Waals surface area contributed by atoms with Crippen LogP contribution in [0.25, 0.3) is 0 Å². The van der Waals surface area contributed by atoms with Gasteiger partial charge in [0.05, 0.1) is 20.3 Å². The van der Waals surface area contributed by atoms with Crippen LogP contribution >= 0.6 is 0 Å². The Labute approximate surface area is 107 Å². The summed E-state index contributed by atoms with van der Waals surface area (Å²) >= 11 is 0. The number of rotatable bonds is 4. The van der Waals surface area contributed by atoms with E-state index < -0.39 is 0 Å². The summed E-state index contributed by atoms with van der Waals surface area (Å²) in [6.07, 6.45) is 3.40. The molecular weight excluding hydrogens is 232 g/mol. The summed E-state index contributed by atoms with van der Waals surface area (Å²) in [5.41, 5.74) is 0.853. The molecule has 1 saturated heterocycles. The first-order valence-corrected chi connectivity index (χ1v) is 6.21. The van der Waals surface area contributed by atoms with Gasteiger partial charge in [-0.05, 0) is 19.4 Å². The number of nitrogens with zero attached hydrogens (tertiary/aromatic N) is 2. The minimum absolute atomic E-state index is 0.227. The minimum Gasteiger partial charge on any atom is -0.493 e. The molecule has 0 unspecified atom stereocenters. The number of aliphatic hydroxyl groups is 1. The van der Waals surface area contributed by atoms with Crippen LogP contribution in [0, 0.1) is 0 Å². The monoisotopic (exact) mass is 252 g/mol. The van der Waals surface area contributed by atoms with E-state index in [4.69, 9.17) is 9.47 Å². The lowest BCUT2D eigenvalue weighted by Crippen LogP contribution is -2.37. The van der Waals surface area contributed by atoms with Gasteiger partial charge in [-0.1, -0.05) is 0 Å².